The van der Waals surface area contributed by atoms with Crippen LogP contribution in [0.15, 0.2) is 46.1 Å². The van der Waals surface area contributed by atoms with Gasteiger partial charge in [0.1, 0.15) is 18.0 Å². The summed E-state index contributed by atoms with van der Waals surface area (Å²) in [5.41, 5.74) is -2.42. The number of ether oxygens (including phenoxy) is 2. The van der Waals surface area contributed by atoms with E-state index in [0.717, 1.165) is 0 Å². The Hall–Kier alpha value is -2.69. The molecule has 16 heteroatoms. The third kappa shape index (κ3) is 7.29. The van der Waals surface area contributed by atoms with E-state index < -0.39 is 73.0 Å². The third-order valence-electron chi connectivity index (χ3n) is 5.19. The molecule has 1 aliphatic rings. The first-order chi connectivity index (χ1) is 18.3. The summed E-state index contributed by atoms with van der Waals surface area (Å²) in [6.45, 7) is 3.74. The van der Waals surface area contributed by atoms with Gasteiger partial charge in [0.25, 0.3) is 5.56 Å². The van der Waals surface area contributed by atoms with Crippen LogP contribution in [-0.4, -0.2) is 56.5 Å². The normalized spacial score (nSPS) is 24.9. The van der Waals surface area contributed by atoms with Gasteiger partial charge in [-0.25, -0.2) is 14.2 Å². The number of nitrogens with one attached hydrogen (secondary N) is 1. The van der Waals surface area contributed by atoms with Gasteiger partial charge < -0.3 is 19.1 Å². The number of aromatic amines is 1. The van der Waals surface area contributed by atoms with Crippen molar-refractivity contribution < 1.29 is 41.9 Å². The number of hydrogen-bond donors (Lipinski definition) is 2. The van der Waals surface area contributed by atoms with Crippen LogP contribution in [0.3, 0.4) is 0 Å². The molecular weight excluding hydrogens is 585 g/mol. The van der Waals surface area contributed by atoms with Crippen LogP contribution in [0, 0.1) is 17.1 Å². The van der Waals surface area contributed by atoms with Crippen LogP contribution in [0.4, 0.5) is 4.39 Å². The molecule has 3 rings (SSSR count). The van der Waals surface area contributed by atoms with Gasteiger partial charge in [-0.2, -0.15) is 4.39 Å². The summed E-state index contributed by atoms with van der Waals surface area (Å²) in [5.74, 6) is 0.164. The molecular formula is C23H24Cl2FN2O10P. The van der Waals surface area contributed by atoms with Crippen molar-refractivity contribution in [2.24, 2.45) is 0 Å². The highest BCUT2D eigenvalue weighted by atomic mass is 35.5. The monoisotopic (exact) mass is 608 g/mol. The topological polar surface area (TPSA) is 155 Å². The van der Waals surface area contributed by atoms with E-state index in [-0.39, 0.29) is 5.75 Å². The Balaban J connectivity index is 1.89. The lowest BCUT2D eigenvalue weighted by Gasteiger charge is -2.25. The minimum Gasteiger partial charge on any atom is -0.461 e. The number of esters is 1. The van der Waals surface area contributed by atoms with E-state index in [2.05, 4.69) is 5.92 Å². The highest BCUT2D eigenvalue weighted by Gasteiger charge is 2.57. The fourth-order valence-electron chi connectivity index (χ4n) is 3.42. The van der Waals surface area contributed by atoms with Gasteiger partial charge >= 0.3 is 19.5 Å². The quantitative estimate of drug-likeness (QED) is 0.178. The molecule has 1 fully saturated rings. The minimum absolute atomic E-state index is 0.0611. The lowest BCUT2D eigenvalue weighted by molar-refractivity contribution is -0.156. The van der Waals surface area contributed by atoms with Gasteiger partial charge in [0.2, 0.25) is 5.82 Å². The maximum atomic E-state index is 14.0. The van der Waals surface area contributed by atoms with Gasteiger partial charge in [0.05, 0.1) is 18.9 Å². The first-order valence-corrected chi connectivity index (χ1v) is 13.6. The number of para-hydroxylation sites is 1. The van der Waals surface area contributed by atoms with Crippen molar-refractivity contribution in [3.05, 3.63) is 63.2 Å². The van der Waals surface area contributed by atoms with Gasteiger partial charge in [-0.05, 0) is 44.5 Å². The number of benzene rings is 1. The van der Waals surface area contributed by atoms with E-state index in [1.807, 2.05) is 5.38 Å². The van der Waals surface area contributed by atoms with E-state index in [9.17, 15) is 28.4 Å². The number of nitrogens with zero attached hydrogens (tertiary/aromatic N) is 1. The largest absolute Gasteiger partial charge is 0.530 e. The van der Waals surface area contributed by atoms with Crippen LogP contribution in [0.2, 0.25) is 0 Å². The molecule has 2 aromatic rings. The number of phosphoric ester groups is 1. The van der Waals surface area contributed by atoms with E-state index in [4.69, 9.17) is 46.2 Å². The van der Waals surface area contributed by atoms with Crippen LogP contribution < -0.4 is 15.8 Å². The zero-order valence-corrected chi connectivity index (χ0v) is 23.1. The average molecular weight is 609 g/mol. The maximum Gasteiger partial charge on any atom is 0.530 e. The Kier molecular flexibility index (Phi) is 10.0. The number of rotatable bonds is 10. The number of H-pyrrole nitrogens is 1. The smallest absolute Gasteiger partial charge is 0.461 e. The lowest BCUT2D eigenvalue weighted by atomic mass is 9.99. The molecule has 2 heterocycles. The van der Waals surface area contributed by atoms with E-state index >= 15 is 0 Å². The van der Waals surface area contributed by atoms with Crippen LogP contribution in [0.1, 0.15) is 27.0 Å². The van der Waals surface area contributed by atoms with Crippen molar-refractivity contribution in [3.8, 4) is 17.0 Å². The molecule has 1 aliphatic heterocycles. The molecule has 0 saturated carbocycles. The Morgan fingerprint density at radius 1 is 1.31 bits per heavy atom. The zero-order valence-electron chi connectivity index (χ0n) is 20.7. The van der Waals surface area contributed by atoms with Crippen molar-refractivity contribution in [1.29, 1.82) is 0 Å². The van der Waals surface area contributed by atoms with Crippen LogP contribution in [-0.2, 0) is 27.9 Å². The second kappa shape index (κ2) is 12.7. The van der Waals surface area contributed by atoms with Gasteiger partial charge in [-0.3, -0.25) is 23.4 Å². The zero-order chi connectivity index (χ0) is 29.0. The summed E-state index contributed by atoms with van der Waals surface area (Å²) in [5, 5.41) is 12.9. The number of phosphoric acid groups is 1. The summed E-state index contributed by atoms with van der Waals surface area (Å²) in [6, 6.07) is 7.73. The van der Waals surface area contributed by atoms with Crippen molar-refractivity contribution in [2.75, 3.05) is 6.61 Å². The number of aliphatic hydroxyl groups is 1. The Bertz CT molecular complexity index is 1410. The Morgan fingerprint density at radius 2 is 1.97 bits per heavy atom. The Morgan fingerprint density at radius 3 is 2.59 bits per heavy atom. The van der Waals surface area contributed by atoms with Gasteiger partial charge in [-0.15, -0.1) is 0 Å². The van der Waals surface area contributed by atoms with E-state index in [1.54, 1.807) is 37.0 Å². The first-order valence-electron chi connectivity index (χ1n) is 11.3. The average Bonchev–Trinajstić information content (AvgIpc) is 3.10. The molecule has 1 unspecified atom stereocenters. The molecule has 0 bridgehead atoms. The molecule has 0 spiro atoms. The lowest BCUT2D eigenvalue weighted by Crippen LogP contribution is -2.44. The third-order valence-corrected chi connectivity index (χ3v) is 7.26. The number of halogens is 3. The second-order valence-electron chi connectivity index (χ2n) is 8.48. The van der Waals surface area contributed by atoms with E-state index in [0.29, 0.717) is 10.8 Å². The predicted molar refractivity (Wildman–Crippen MR) is 136 cm³/mol. The number of hydrogen-bond acceptors (Lipinski definition) is 10. The highest BCUT2D eigenvalue weighted by Crippen LogP contribution is 2.52. The standard InChI is InChI=1S/C23H24Cl2FN2O10P/c1-13(2)35-20(31)14(3)37-39(33,38-15-7-5-4-6-8-15)34-12-17-18(29)23(25,9-10-24)21(36-17)28-11-16(26)19(30)27-22(28)32/h4-8,11,13-14,17-18,21,29H,12H2,1-3H3,(H,27,30,32)/t14-,17+,18-,21+,23?,39-/m0/s1. The number of aliphatic hydroxyl groups excluding tert-OH is 1. The minimum atomic E-state index is -4.62. The summed E-state index contributed by atoms with van der Waals surface area (Å²) in [7, 11) is -4.62. The van der Waals surface area contributed by atoms with Crippen LogP contribution in [0.5, 0.6) is 5.75 Å². The first kappa shape index (κ1) is 30.8. The molecule has 6 atom stereocenters. The van der Waals surface area contributed by atoms with Gasteiger partial charge in [0.15, 0.2) is 17.2 Å². The summed E-state index contributed by atoms with van der Waals surface area (Å²) in [6.07, 6.45) is -6.31. The molecule has 2 N–H and O–H groups in total. The number of carbonyl (C=O) groups is 1. The molecule has 1 aromatic carbocycles. The highest BCUT2D eigenvalue weighted by molar-refractivity contribution is 7.49. The Labute approximate surface area is 231 Å². The van der Waals surface area contributed by atoms with Crippen molar-refractivity contribution in [2.45, 2.75) is 56.3 Å². The summed E-state index contributed by atoms with van der Waals surface area (Å²) >= 11 is 12.0. The fraction of sp³-hybridized carbons (Fsp3) is 0.435. The van der Waals surface area contributed by atoms with Crippen molar-refractivity contribution >= 4 is 37.0 Å². The molecule has 0 amide bonds. The molecule has 12 nitrogen and oxygen atoms in total. The fourth-order valence-corrected chi connectivity index (χ4v) is 5.30. The molecule has 0 aliphatic carbocycles. The summed E-state index contributed by atoms with van der Waals surface area (Å²) in [4.78, 5) is 35.6. The summed E-state index contributed by atoms with van der Waals surface area (Å²) < 4.78 is 55.0. The SMILES string of the molecule is CC(C)OC(=O)[C@H](C)O[P@](=O)(OC[C@H]1O[C@@H](n2cc(F)c(=O)[nH]c2=O)C(Cl)(C#CCl)[C@H]1O)Oc1ccccc1. The maximum absolute atomic E-state index is 14.0. The van der Waals surface area contributed by atoms with Crippen molar-refractivity contribution in [3.63, 3.8) is 0 Å². The van der Waals surface area contributed by atoms with Crippen molar-refractivity contribution in [1.82, 2.24) is 9.55 Å². The van der Waals surface area contributed by atoms with E-state index in [1.165, 1.54) is 19.1 Å². The number of aromatic nitrogens is 2. The van der Waals surface area contributed by atoms with Gasteiger partial charge in [-0.1, -0.05) is 35.7 Å². The van der Waals surface area contributed by atoms with Crippen LogP contribution >= 0.6 is 31.0 Å². The number of carbonyl (C=O) groups excluding carboxylic acids is 1. The predicted octanol–water partition coefficient (Wildman–Crippen LogP) is 2.67. The van der Waals surface area contributed by atoms with Crippen LogP contribution in [0.25, 0.3) is 0 Å². The number of alkyl halides is 1. The molecule has 1 saturated heterocycles. The molecule has 0 radical (unpaired) electrons. The van der Waals surface area contributed by atoms with Gasteiger partial charge in [0, 0.05) is 5.38 Å². The molecule has 39 heavy (non-hydrogen) atoms. The molecule has 1 aromatic heterocycles. The second-order valence-corrected chi connectivity index (χ2v) is 10.8. The molecule has 212 valence electrons.